The van der Waals surface area contributed by atoms with Crippen LogP contribution in [0.2, 0.25) is 0 Å². The molecular formula is C12H23N. The first-order chi connectivity index (χ1) is 6.07. The minimum atomic E-state index is 0.410. The van der Waals surface area contributed by atoms with Gasteiger partial charge in [0, 0.05) is 6.04 Å². The average Bonchev–Trinajstić information content (AvgIpc) is 2.61. The summed E-state index contributed by atoms with van der Waals surface area (Å²) in [6, 6.07) is 0.410. The van der Waals surface area contributed by atoms with Crippen LogP contribution in [-0.2, 0) is 0 Å². The van der Waals surface area contributed by atoms with Crippen molar-refractivity contribution in [2.24, 2.45) is 28.9 Å². The van der Waals surface area contributed by atoms with Gasteiger partial charge < -0.3 is 5.73 Å². The second-order valence-corrected chi connectivity index (χ2v) is 5.69. The summed E-state index contributed by atoms with van der Waals surface area (Å²) in [5, 5.41) is 0. The largest absolute Gasteiger partial charge is 0.328 e. The molecule has 2 fully saturated rings. The molecule has 0 bridgehead atoms. The van der Waals surface area contributed by atoms with Crippen LogP contribution in [0.4, 0.5) is 0 Å². The highest BCUT2D eigenvalue weighted by Crippen LogP contribution is 2.65. The first-order valence-corrected chi connectivity index (χ1v) is 5.82. The van der Waals surface area contributed by atoms with Gasteiger partial charge in [0.05, 0.1) is 0 Å². The SMILES string of the molecule is CC(C)C1C(C(C)N)CCC12CC2. The summed E-state index contributed by atoms with van der Waals surface area (Å²) in [5.41, 5.74) is 6.83. The first kappa shape index (κ1) is 9.51. The van der Waals surface area contributed by atoms with Crippen molar-refractivity contribution in [2.75, 3.05) is 0 Å². The quantitative estimate of drug-likeness (QED) is 0.696. The summed E-state index contributed by atoms with van der Waals surface area (Å²) >= 11 is 0. The highest BCUT2D eigenvalue weighted by Gasteiger charge is 2.56. The minimum Gasteiger partial charge on any atom is -0.328 e. The molecule has 0 radical (unpaired) electrons. The molecule has 1 heteroatoms. The van der Waals surface area contributed by atoms with Gasteiger partial charge in [0.2, 0.25) is 0 Å². The number of hydrogen-bond acceptors (Lipinski definition) is 1. The van der Waals surface area contributed by atoms with E-state index in [0.717, 1.165) is 23.2 Å². The van der Waals surface area contributed by atoms with Gasteiger partial charge in [0.1, 0.15) is 0 Å². The van der Waals surface area contributed by atoms with E-state index < -0.39 is 0 Å². The van der Waals surface area contributed by atoms with Gasteiger partial charge >= 0.3 is 0 Å². The lowest BCUT2D eigenvalue weighted by Gasteiger charge is -2.30. The molecule has 2 aliphatic rings. The van der Waals surface area contributed by atoms with E-state index in [1.807, 2.05) is 0 Å². The predicted octanol–water partition coefficient (Wildman–Crippen LogP) is 2.80. The van der Waals surface area contributed by atoms with Gasteiger partial charge in [-0.1, -0.05) is 13.8 Å². The highest BCUT2D eigenvalue weighted by molar-refractivity contribution is 5.07. The maximum Gasteiger partial charge on any atom is 0.00417 e. The Bertz CT molecular complexity index is 191. The number of rotatable bonds is 2. The Morgan fingerprint density at radius 1 is 1.15 bits per heavy atom. The highest BCUT2D eigenvalue weighted by atomic mass is 14.7. The number of hydrogen-bond donors (Lipinski definition) is 1. The van der Waals surface area contributed by atoms with E-state index in [2.05, 4.69) is 20.8 Å². The first-order valence-electron chi connectivity index (χ1n) is 5.82. The van der Waals surface area contributed by atoms with Crippen molar-refractivity contribution in [3.63, 3.8) is 0 Å². The van der Waals surface area contributed by atoms with E-state index in [9.17, 15) is 0 Å². The van der Waals surface area contributed by atoms with E-state index in [0.29, 0.717) is 6.04 Å². The maximum atomic E-state index is 6.07. The summed E-state index contributed by atoms with van der Waals surface area (Å²) in [4.78, 5) is 0. The Labute approximate surface area is 82.1 Å². The second-order valence-electron chi connectivity index (χ2n) is 5.69. The molecule has 0 aromatic rings. The molecule has 1 spiro atoms. The third-order valence-electron chi connectivity index (χ3n) is 4.43. The van der Waals surface area contributed by atoms with Gasteiger partial charge in [-0.25, -0.2) is 0 Å². The maximum absolute atomic E-state index is 6.07. The molecule has 2 aliphatic carbocycles. The second kappa shape index (κ2) is 2.98. The molecule has 2 saturated carbocycles. The molecule has 1 nitrogen and oxygen atoms in total. The van der Waals surface area contributed by atoms with Crippen LogP contribution in [0.5, 0.6) is 0 Å². The Morgan fingerprint density at radius 2 is 1.77 bits per heavy atom. The fourth-order valence-corrected chi connectivity index (χ4v) is 3.79. The Hall–Kier alpha value is -0.0400. The molecule has 3 unspecified atom stereocenters. The Balaban J connectivity index is 2.14. The van der Waals surface area contributed by atoms with Crippen LogP contribution in [0.15, 0.2) is 0 Å². The topological polar surface area (TPSA) is 26.0 Å². The average molecular weight is 181 g/mol. The Morgan fingerprint density at radius 3 is 2.15 bits per heavy atom. The molecule has 0 saturated heterocycles. The van der Waals surface area contributed by atoms with Crippen LogP contribution < -0.4 is 5.73 Å². The molecule has 0 aromatic heterocycles. The van der Waals surface area contributed by atoms with Gasteiger partial charge in [-0.3, -0.25) is 0 Å². The monoisotopic (exact) mass is 181 g/mol. The summed E-state index contributed by atoms with van der Waals surface area (Å²) < 4.78 is 0. The minimum absolute atomic E-state index is 0.410. The van der Waals surface area contributed by atoms with Crippen molar-refractivity contribution in [1.82, 2.24) is 0 Å². The van der Waals surface area contributed by atoms with Gasteiger partial charge in [0.25, 0.3) is 0 Å². The Kier molecular flexibility index (Phi) is 2.18. The van der Waals surface area contributed by atoms with Crippen LogP contribution >= 0.6 is 0 Å². The molecule has 76 valence electrons. The molecule has 2 N–H and O–H groups in total. The molecule has 3 atom stereocenters. The van der Waals surface area contributed by atoms with Crippen molar-refractivity contribution in [3.05, 3.63) is 0 Å². The smallest absolute Gasteiger partial charge is 0.00417 e. The zero-order valence-electron chi connectivity index (χ0n) is 9.22. The third kappa shape index (κ3) is 1.41. The third-order valence-corrected chi connectivity index (χ3v) is 4.43. The fraction of sp³-hybridized carbons (Fsp3) is 1.00. The van der Waals surface area contributed by atoms with E-state index in [1.54, 1.807) is 0 Å². The van der Waals surface area contributed by atoms with Crippen molar-refractivity contribution in [3.8, 4) is 0 Å². The van der Waals surface area contributed by atoms with Crippen molar-refractivity contribution in [1.29, 1.82) is 0 Å². The van der Waals surface area contributed by atoms with Crippen molar-refractivity contribution >= 4 is 0 Å². The van der Waals surface area contributed by atoms with E-state index in [4.69, 9.17) is 5.73 Å². The summed E-state index contributed by atoms with van der Waals surface area (Å²) in [6.07, 6.45) is 5.82. The lowest BCUT2D eigenvalue weighted by Crippen LogP contribution is -2.34. The lowest BCUT2D eigenvalue weighted by atomic mass is 9.76. The number of nitrogens with two attached hydrogens (primary N) is 1. The van der Waals surface area contributed by atoms with Gasteiger partial charge in [-0.15, -0.1) is 0 Å². The molecule has 0 aliphatic heterocycles. The van der Waals surface area contributed by atoms with Gasteiger partial charge in [-0.2, -0.15) is 0 Å². The zero-order valence-corrected chi connectivity index (χ0v) is 9.22. The standard InChI is InChI=1S/C12H23N/c1-8(2)11-10(9(3)13)4-5-12(11)6-7-12/h8-11H,4-7,13H2,1-3H3. The van der Waals surface area contributed by atoms with E-state index in [1.165, 1.54) is 25.7 Å². The predicted molar refractivity (Wildman–Crippen MR) is 56.4 cm³/mol. The molecule has 13 heavy (non-hydrogen) atoms. The fourth-order valence-electron chi connectivity index (χ4n) is 3.79. The molecule has 0 heterocycles. The molecule has 0 aromatic carbocycles. The van der Waals surface area contributed by atoms with Crippen LogP contribution in [0.1, 0.15) is 46.5 Å². The van der Waals surface area contributed by atoms with E-state index in [-0.39, 0.29) is 0 Å². The van der Waals surface area contributed by atoms with Gasteiger partial charge in [0.15, 0.2) is 0 Å². The molecule has 0 amide bonds. The normalized spacial score (nSPS) is 38.5. The summed E-state index contributed by atoms with van der Waals surface area (Å²) in [7, 11) is 0. The van der Waals surface area contributed by atoms with Crippen LogP contribution in [0, 0.1) is 23.2 Å². The zero-order chi connectivity index (χ0) is 9.64. The summed E-state index contributed by atoms with van der Waals surface area (Å²) in [5.74, 6) is 2.57. The van der Waals surface area contributed by atoms with Crippen LogP contribution in [-0.4, -0.2) is 6.04 Å². The molecule has 2 rings (SSSR count). The molecular weight excluding hydrogens is 158 g/mol. The van der Waals surface area contributed by atoms with Crippen molar-refractivity contribution < 1.29 is 0 Å². The lowest BCUT2D eigenvalue weighted by molar-refractivity contribution is 0.196. The van der Waals surface area contributed by atoms with E-state index >= 15 is 0 Å². The van der Waals surface area contributed by atoms with Crippen LogP contribution in [0.3, 0.4) is 0 Å². The summed E-state index contributed by atoms with van der Waals surface area (Å²) in [6.45, 7) is 6.96. The van der Waals surface area contributed by atoms with Crippen molar-refractivity contribution in [2.45, 2.75) is 52.5 Å². The van der Waals surface area contributed by atoms with Crippen LogP contribution in [0.25, 0.3) is 0 Å². The van der Waals surface area contributed by atoms with Gasteiger partial charge in [-0.05, 0) is 55.8 Å².